The Labute approximate surface area is 195 Å². The molecule has 0 aliphatic heterocycles. The second kappa shape index (κ2) is 9.27. The molecule has 0 aliphatic carbocycles. The fourth-order valence-corrected chi connectivity index (χ4v) is 4.68. The van der Waals surface area contributed by atoms with E-state index in [0.29, 0.717) is 10.3 Å². The van der Waals surface area contributed by atoms with Gasteiger partial charge in [0.1, 0.15) is 10.8 Å². The SMILES string of the molecule is CCc1nnc(NC(=O)CSc2nc3c(c(=O)n(C)c(=O)n3C)n2Cc2ccc(F)cc2)s1. The molecule has 0 saturated heterocycles. The minimum atomic E-state index is -0.503. The maximum Gasteiger partial charge on any atom is 0.332 e. The zero-order valence-corrected chi connectivity index (χ0v) is 19.7. The Morgan fingerprint density at radius 3 is 2.55 bits per heavy atom. The second-order valence-electron chi connectivity index (χ2n) is 7.18. The maximum absolute atomic E-state index is 13.4. The summed E-state index contributed by atoms with van der Waals surface area (Å²) in [7, 11) is 2.92. The Morgan fingerprint density at radius 1 is 1.15 bits per heavy atom. The predicted octanol–water partition coefficient (Wildman–Crippen LogP) is 1.77. The Hall–Kier alpha value is -3.32. The number of aryl methyl sites for hydroxylation is 2. The molecule has 3 heterocycles. The van der Waals surface area contributed by atoms with Gasteiger partial charge in [-0.05, 0) is 24.1 Å². The summed E-state index contributed by atoms with van der Waals surface area (Å²) < 4.78 is 17.3. The summed E-state index contributed by atoms with van der Waals surface area (Å²) in [5.74, 6) is -0.676. The molecule has 3 aromatic heterocycles. The average Bonchev–Trinajstić information content (AvgIpc) is 3.41. The number of carbonyl (C=O) groups is 1. The summed E-state index contributed by atoms with van der Waals surface area (Å²) >= 11 is 2.43. The van der Waals surface area contributed by atoms with Crippen molar-refractivity contribution >= 4 is 45.3 Å². The first-order valence-corrected chi connectivity index (χ1v) is 11.7. The van der Waals surface area contributed by atoms with Gasteiger partial charge in [0.25, 0.3) is 5.56 Å². The molecule has 0 fully saturated rings. The van der Waals surface area contributed by atoms with E-state index in [1.54, 1.807) is 16.7 Å². The van der Waals surface area contributed by atoms with Crippen molar-refractivity contribution in [2.75, 3.05) is 11.1 Å². The van der Waals surface area contributed by atoms with Crippen molar-refractivity contribution in [3.63, 3.8) is 0 Å². The number of benzene rings is 1. The lowest BCUT2D eigenvalue weighted by Crippen LogP contribution is -2.37. The van der Waals surface area contributed by atoms with Gasteiger partial charge in [-0.3, -0.25) is 24.0 Å². The molecular formula is C20H20FN7O3S2. The first kappa shape index (κ1) is 22.9. The smallest absolute Gasteiger partial charge is 0.309 e. The Bertz CT molecular complexity index is 1450. The average molecular weight is 490 g/mol. The number of fused-ring (bicyclic) bond motifs is 1. The van der Waals surface area contributed by atoms with Crippen LogP contribution in [-0.2, 0) is 31.9 Å². The number of amides is 1. The van der Waals surface area contributed by atoms with Crippen molar-refractivity contribution in [2.45, 2.75) is 25.0 Å². The van der Waals surface area contributed by atoms with Crippen LogP contribution in [0.5, 0.6) is 0 Å². The number of nitrogens with zero attached hydrogens (tertiary/aromatic N) is 6. The standard InChI is InChI=1S/C20H20FN7O3S2/c1-4-14-24-25-18(33-14)22-13(29)10-32-19-23-16-15(17(30)27(3)20(31)26(16)2)28(19)9-11-5-7-12(21)8-6-11/h5-8H,4,9-10H2,1-3H3,(H,22,25,29). The largest absolute Gasteiger partial charge is 0.332 e. The van der Waals surface area contributed by atoms with Crippen LogP contribution >= 0.6 is 23.1 Å². The van der Waals surface area contributed by atoms with Gasteiger partial charge in [0, 0.05) is 14.1 Å². The highest BCUT2D eigenvalue weighted by Gasteiger charge is 2.20. The van der Waals surface area contributed by atoms with Crippen LogP contribution < -0.4 is 16.6 Å². The van der Waals surface area contributed by atoms with Crippen molar-refractivity contribution in [1.82, 2.24) is 28.9 Å². The van der Waals surface area contributed by atoms with Crippen LogP contribution in [0.1, 0.15) is 17.5 Å². The topological polar surface area (TPSA) is 117 Å². The third-order valence-electron chi connectivity index (χ3n) is 4.91. The molecule has 33 heavy (non-hydrogen) atoms. The zero-order chi connectivity index (χ0) is 23.7. The summed E-state index contributed by atoms with van der Waals surface area (Å²) in [6.07, 6.45) is 0.726. The molecular weight excluding hydrogens is 469 g/mol. The van der Waals surface area contributed by atoms with E-state index in [1.165, 1.54) is 42.1 Å². The van der Waals surface area contributed by atoms with Crippen LogP contribution in [-0.4, -0.2) is 40.5 Å². The van der Waals surface area contributed by atoms with E-state index in [9.17, 15) is 18.8 Å². The third-order valence-corrected chi connectivity index (χ3v) is 6.87. The van der Waals surface area contributed by atoms with Crippen LogP contribution in [0.3, 0.4) is 0 Å². The van der Waals surface area contributed by atoms with Gasteiger partial charge in [-0.1, -0.05) is 42.2 Å². The number of imidazole rings is 1. The molecule has 4 aromatic rings. The molecule has 0 spiro atoms. The number of halogens is 1. The number of hydrogen-bond acceptors (Lipinski definition) is 8. The molecule has 1 amide bonds. The van der Waals surface area contributed by atoms with Gasteiger partial charge in [-0.25, -0.2) is 14.2 Å². The second-order valence-corrected chi connectivity index (χ2v) is 9.18. The highest BCUT2D eigenvalue weighted by molar-refractivity contribution is 7.99. The zero-order valence-electron chi connectivity index (χ0n) is 18.0. The van der Waals surface area contributed by atoms with Crippen LogP contribution in [0, 0.1) is 5.82 Å². The molecule has 1 aromatic carbocycles. The van der Waals surface area contributed by atoms with E-state index in [1.807, 2.05) is 6.92 Å². The number of nitrogens with one attached hydrogen (secondary N) is 1. The normalized spacial score (nSPS) is 11.3. The number of hydrogen-bond donors (Lipinski definition) is 1. The Kier molecular flexibility index (Phi) is 6.42. The van der Waals surface area contributed by atoms with Crippen molar-refractivity contribution in [2.24, 2.45) is 14.1 Å². The number of rotatable bonds is 7. The lowest BCUT2D eigenvalue weighted by Gasteiger charge is -2.09. The molecule has 0 atom stereocenters. The number of thioether (sulfide) groups is 1. The van der Waals surface area contributed by atoms with Crippen molar-refractivity contribution < 1.29 is 9.18 Å². The van der Waals surface area contributed by atoms with Crippen molar-refractivity contribution in [1.29, 1.82) is 0 Å². The van der Waals surface area contributed by atoms with Gasteiger partial charge in [0.05, 0.1) is 12.3 Å². The van der Waals surface area contributed by atoms with Crippen molar-refractivity contribution in [3.8, 4) is 0 Å². The highest BCUT2D eigenvalue weighted by Crippen LogP contribution is 2.24. The summed E-state index contributed by atoms with van der Waals surface area (Å²) in [5.41, 5.74) is 0.170. The quantitative estimate of drug-likeness (QED) is 0.393. The minimum absolute atomic E-state index is 0.00202. The number of aromatic nitrogens is 6. The lowest BCUT2D eigenvalue weighted by atomic mass is 10.2. The fraction of sp³-hybridized carbons (Fsp3) is 0.300. The van der Waals surface area contributed by atoms with Gasteiger partial charge in [0.2, 0.25) is 11.0 Å². The van der Waals surface area contributed by atoms with E-state index in [4.69, 9.17) is 0 Å². The van der Waals surface area contributed by atoms with Crippen LogP contribution in [0.15, 0.2) is 39.0 Å². The molecule has 4 rings (SSSR count). The van der Waals surface area contributed by atoms with E-state index in [0.717, 1.165) is 33.3 Å². The van der Waals surface area contributed by atoms with E-state index in [2.05, 4.69) is 20.5 Å². The first-order valence-electron chi connectivity index (χ1n) is 9.94. The van der Waals surface area contributed by atoms with Crippen LogP contribution in [0.2, 0.25) is 0 Å². The maximum atomic E-state index is 13.4. The Balaban J connectivity index is 1.68. The molecule has 0 unspecified atom stereocenters. The van der Waals surface area contributed by atoms with Gasteiger partial charge < -0.3 is 4.57 Å². The van der Waals surface area contributed by atoms with E-state index in [-0.39, 0.29) is 35.2 Å². The molecule has 0 bridgehead atoms. The summed E-state index contributed by atoms with van der Waals surface area (Å²) in [4.78, 5) is 42.2. The lowest BCUT2D eigenvalue weighted by molar-refractivity contribution is -0.113. The fourth-order valence-electron chi connectivity index (χ4n) is 3.19. The van der Waals surface area contributed by atoms with Crippen LogP contribution in [0.4, 0.5) is 9.52 Å². The van der Waals surface area contributed by atoms with Crippen molar-refractivity contribution in [3.05, 3.63) is 61.5 Å². The third kappa shape index (κ3) is 4.59. The minimum Gasteiger partial charge on any atom is -0.309 e. The molecule has 10 nitrogen and oxygen atoms in total. The molecule has 0 aliphatic rings. The summed E-state index contributed by atoms with van der Waals surface area (Å²) in [5, 5.41) is 12.2. The van der Waals surface area contributed by atoms with Gasteiger partial charge in [-0.2, -0.15) is 0 Å². The molecule has 13 heteroatoms. The van der Waals surface area contributed by atoms with E-state index < -0.39 is 11.2 Å². The monoisotopic (exact) mass is 489 g/mol. The van der Waals surface area contributed by atoms with Gasteiger partial charge in [0.15, 0.2) is 16.3 Å². The summed E-state index contributed by atoms with van der Waals surface area (Å²) in [6.45, 7) is 2.16. The number of carbonyl (C=O) groups excluding carboxylic acids is 1. The first-order chi connectivity index (χ1) is 15.8. The predicted molar refractivity (Wildman–Crippen MR) is 124 cm³/mol. The van der Waals surface area contributed by atoms with Gasteiger partial charge in [-0.15, -0.1) is 10.2 Å². The highest BCUT2D eigenvalue weighted by atomic mass is 32.2. The van der Waals surface area contributed by atoms with E-state index >= 15 is 0 Å². The molecule has 172 valence electrons. The number of anilines is 1. The van der Waals surface area contributed by atoms with Gasteiger partial charge >= 0.3 is 5.69 Å². The molecule has 0 saturated carbocycles. The Morgan fingerprint density at radius 2 is 1.88 bits per heavy atom. The van der Waals surface area contributed by atoms with Crippen LogP contribution in [0.25, 0.3) is 11.2 Å². The summed E-state index contributed by atoms with van der Waals surface area (Å²) in [6, 6.07) is 5.87. The molecule has 1 N–H and O–H groups in total. The molecule has 0 radical (unpaired) electrons.